The fraction of sp³-hybridized carbons (Fsp3) is 0.417. The number of benzene rings is 1. The van der Waals surface area contributed by atoms with Crippen LogP contribution in [0.5, 0.6) is 0 Å². The van der Waals surface area contributed by atoms with Crippen LogP contribution < -0.4 is 0 Å². The van der Waals surface area contributed by atoms with Crippen molar-refractivity contribution >= 4 is 5.97 Å². The molecular weight excluding hydrogens is 176 g/mol. The number of carboxylic acids is 1. The van der Waals surface area contributed by atoms with Crippen molar-refractivity contribution in [2.45, 2.75) is 26.2 Å². The zero-order chi connectivity index (χ0) is 10.6. The third-order valence-electron chi connectivity index (χ3n) is 2.64. The van der Waals surface area contributed by atoms with Crippen LogP contribution in [-0.4, -0.2) is 11.1 Å². The Morgan fingerprint density at radius 3 is 2.36 bits per heavy atom. The van der Waals surface area contributed by atoms with Gasteiger partial charge in [-0.1, -0.05) is 50.6 Å². The Labute approximate surface area is 84.6 Å². The molecule has 0 spiro atoms. The molecule has 0 bridgehead atoms. The van der Waals surface area contributed by atoms with Crippen LogP contribution in [0.4, 0.5) is 0 Å². The molecule has 0 heterocycles. The zero-order valence-corrected chi connectivity index (χ0v) is 8.60. The second-order valence-electron chi connectivity index (χ2n) is 3.61. The molecule has 0 aliphatic rings. The SMILES string of the molecule is CC[C@H](C)[C@H](C(=O)O)c1ccccc1. The lowest BCUT2D eigenvalue weighted by atomic mass is 9.86. The Morgan fingerprint density at radius 1 is 1.36 bits per heavy atom. The number of carbonyl (C=O) groups is 1. The Balaban J connectivity index is 2.95. The van der Waals surface area contributed by atoms with Crippen molar-refractivity contribution in [2.24, 2.45) is 5.92 Å². The summed E-state index contributed by atoms with van der Waals surface area (Å²) in [6.45, 7) is 4.00. The maximum Gasteiger partial charge on any atom is 0.311 e. The lowest BCUT2D eigenvalue weighted by Gasteiger charge is -2.18. The molecule has 2 heteroatoms. The van der Waals surface area contributed by atoms with Gasteiger partial charge >= 0.3 is 5.97 Å². The predicted octanol–water partition coefficient (Wildman–Crippen LogP) is 2.90. The summed E-state index contributed by atoms with van der Waals surface area (Å²) in [6, 6.07) is 9.43. The van der Waals surface area contributed by atoms with Crippen LogP contribution in [0.25, 0.3) is 0 Å². The quantitative estimate of drug-likeness (QED) is 0.796. The van der Waals surface area contributed by atoms with Crippen molar-refractivity contribution in [3.05, 3.63) is 35.9 Å². The fourth-order valence-electron chi connectivity index (χ4n) is 1.61. The van der Waals surface area contributed by atoms with Gasteiger partial charge in [0.1, 0.15) is 0 Å². The average Bonchev–Trinajstić information content (AvgIpc) is 2.19. The van der Waals surface area contributed by atoms with Crippen molar-refractivity contribution in [3.8, 4) is 0 Å². The standard InChI is InChI=1S/C12H16O2/c1-3-9(2)11(12(13)14)10-7-5-4-6-8-10/h4-9,11H,3H2,1-2H3,(H,13,14)/t9-,11-/m0/s1. The lowest BCUT2D eigenvalue weighted by molar-refractivity contribution is -0.140. The molecule has 0 fully saturated rings. The van der Waals surface area contributed by atoms with Gasteiger partial charge in [-0.3, -0.25) is 4.79 Å². The van der Waals surface area contributed by atoms with E-state index in [0.29, 0.717) is 0 Å². The Bertz CT molecular complexity index is 292. The van der Waals surface area contributed by atoms with E-state index in [2.05, 4.69) is 0 Å². The summed E-state index contributed by atoms with van der Waals surface area (Å²) in [5, 5.41) is 9.13. The van der Waals surface area contributed by atoms with E-state index in [4.69, 9.17) is 5.11 Å². The number of rotatable bonds is 4. The zero-order valence-electron chi connectivity index (χ0n) is 8.60. The molecule has 0 amide bonds. The minimum absolute atomic E-state index is 0.176. The molecule has 1 rings (SSSR count). The van der Waals surface area contributed by atoms with Crippen molar-refractivity contribution in [1.82, 2.24) is 0 Å². The van der Waals surface area contributed by atoms with Gasteiger partial charge in [0.15, 0.2) is 0 Å². The number of aliphatic carboxylic acids is 1. The Hall–Kier alpha value is -1.31. The van der Waals surface area contributed by atoms with Crippen LogP contribution in [0.3, 0.4) is 0 Å². The molecule has 0 unspecified atom stereocenters. The first-order chi connectivity index (χ1) is 6.66. The molecule has 0 aliphatic heterocycles. The monoisotopic (exact) mass is 192 g/mol. The maximum absolute atomic E-state index is 11.1. The van der Waals surface area contributed by atoms with Gasteiger partial charge in [-0.2, -0.15) is 0 Å². The first-order valence-corrected chi connectivity index (χ1v) is 4.94. The van der Waals surface area contributed by atoms with Gasteiger partial charge in [0.25, 0.3) is 0 Å². The highest BCUT2D eigenvalue weighted by Gasteiger charge is 2.24. The second kappa shape index (κ2) is 4.80. The van der Waals surface area contributed by atoms with Gasteiger partial charge in [0.05, 0.1) is 5.92 Å². The molecule has 14 heavy (non-hydrogen) atoms. The molecular formula is C12H16O2. The molecule has 1 N–H and O–H groups in total. The summed E-state index contributed by atoms with van der Waals surface area (Å²) in [6.07, 6.45) is 0.881. The lowest BCUT2D eigenvalue weighted by Crippen LogP contribution is -2.18. The third kappa shape index (κ3) is 2.34. The van der Waals surface area contributed by atoms with Gasteiger partial charge in [-0.25, -0.2) is 0 Å². The molecule has 0 radical (unpaired) electrons. The molecule has 0 saturated carbocycles. The molecule has 1 aromatic rings. The van der Waals surface area contributed by atoms with Crippen molar-refractivity contribution < 1.29 is 9.90 Å². The van der Waals surface area contributed by atoms with Crippen LogP contribution in [0, 0.1) is 5.92 Å². The second-order valence-corrected chi connectivity index (χ2v) is 3.61. The van der Waals surface area contributed by atoms with Gasteiger partial charge in [0, 0.05) is 0 Å². The minimum atomic E-state index is -0.731. The predicted molar refractivity (Wildman–Crippen MR) is 56.3 cm³/mol. The van der Waals surface area contributed by atoms with E-state index in [1.54, 1.807) is 0 Å². The van der Waals surface area contributed by atoms with Crippen LogP contribution in [0.15, 0.2) is 30.3 Å². The van der Waals surface area contributed by atoms with Crippen molar-refractivity contribution in [1.29, 1.82) is 0 Å². The summed E-state index contributed by atoms with van der Waals surface area (Å²) in [4.78, 5) is 11.1. The van der Waals surface area contributed by atoms with Crippen LogP contribution >= 0.6 is 0 Å². The largest absolute Gasteiger partial charge is 0.481 e. The molecule has 76 valence electrons. The number of hydrogen-bond acceptors (Lipinski definition) is 1. The van der Waals surface area contributed by atoms with Gasteiger partial charge in [-0.05, 0) is 11.5 Å². The van der Waals surface area contributed by atoms with E-state index in [-0.39, 0.29) is 11.8 Å². The molecule has 0 aliphatic carbocycles. The molecule has 2 nitrogen and oxygen atoms in total. The highest BCUT2D eigenvalue weighted by molar-refractivity contribution is 5.76. The topological polar surface area (TPSA) is 37.3 Å². The van der Waals surface area contributed by atoms with E-state index in [9.17, 15) is 4.79 Å². The summed E-state index contributed by atoms with van der Waals surface area (Å²) < 4.78 is 0. The van der Waals surface area contributed by atoms with Crippen molar-refractivity contribution in [2.75, 3.05) is 0 Å². The van der Waals surface area contributed by atoms with Crippen LogP contribution in [-0.2, 0) is 4.79 Å². The summed E-state index contributed by atoms with van der Waals surface area (Å²) in [5.74, 6) is -0.929. The molecule has 0 saturated heterocycles. The smallest absolute Gasteiger partial charge is 0.311 e. The molecule has 2 atom stereocenters. The highest BCUT2D eigenvalue weighted by atomic mass is 16.4. The van der Waals surface area contributed by atoms with E-state index < -0.39 is 5.97 Å². The van der Waals surface area contributed by atoms with E-state index in [1.807, 2.05) is 44.2 Å². The first-order valence-electron chi connectivity index (χ1n) is 4.94. The third-order valence-corrected chi connectivity index (χ3v) is 2.64. The normalized spacial score (nSPS) is 14.7. The average molecular weight is 192 g/mol. The Morgan fingerprint density at radius 2 is 1.93 bits per heavy atom. The van der Waals surface area contributed by atoms with Crippen LogP contribution in [0.1, 0.15) is 31.7 Å². The highest BCUT2D eigenvalue weighted by Crippen LogP contribution is 2.26. The van der Waals surface area contributed by atoms with E-state index in [1.165, 1.54) is 0 Å². The molecule has 1 aromatic carbocycles. The maximum atomic E-state index is 11.1. The summed E-state index contributed by atoms with van der Waals surface area (Å²) in [5.41, 5.74) is 0.898. The number of carboxylic acid groups (broad SMARTS) is 1. The number of hydrogen-bond donors (Lipinski definition) is 1. The van der Waals surface area contributed by atoms with Gasteiger partial charge in [0.2, 0.25) is 0 Å². The van der Waals surface area contributed by atoms with Crippen molar-refractivity contribution in [3.63, 3.8) is 0 Å². The van der Waals surface area contributed by atoms with Gasteiger partial charge < -0.3 is 5.11 Å². The van der Waals surface area contributed by atoms with E-state index in [0.717, 1.165) is 12.0 Å². The van der Waals surface area contributed by atoms with E-state index >= 15 is 0 Å². The summed E-state index contributed by atoms with van der Waals surface area (Å²) in [7, 11) is 0. The van der Waals surface area contributed by atoms with Gasteiger partial charge in [-0.15, -0.1) is 0 Å². The Kier molecular flexibility index (Phi) is 3.69. The molecule has 0 aromatic heterocycles. The first kappa shape index (κ1) is 10.8. The summed E-state index contributed by atoms with van der Waals surface area (Å²) >= 11 is 0. The van der Waals surface area contributed by atoms with Crippen LogP contribution in [0.2, 0.25) is 0 Å². The minimum Gasteiger partial charge on any atom is -0.481 e. The fourth-order valence-corrected chi connectivity index (χ4v) is 1.61.